The molecule has 0 bridgehead atoms. The van der Waals surface area contributed by atoms with E-state index in [4.69, 9.17) is 4.74 Å². The van der Waals surface area contributed by atoms with E-state index < -0.39 is 24.0 Å². The number of esters is 1. The zero-order valence-electron chi connectivity index (χ0n) is 17.5. The van der Waals surface area contributed by atoms with E-state index in [-0.39, 0.29) is 5.91 Å². The number of ether oxygens (including phenoxy) is 1. The number of hydrogen-bond donors (Lipinski definition) is 2. The number of benzene rings is 2. The molecular formula is C24H24N2O4S. The summed E-state index contributed by atoms with van der Waals surface area (Å²) in [6.45, 7) is 5.35. The Hall–Kier alpha value is -3.45. The minimum absolute atomic E-state index is 0.365. The predicted molar refractivity (Wildman–Crippen MR) is 121 cm³/mol. The van der Waals surface area contributed by atoms with Gasteiger partial charge in [-0.2, -0.15) is 0 Å². The number of carbonyl (C=O) groups excluding carboxylic acids is 3. The zero-order valence-corrected chi connectivity index (χ0v) is 18.4. The van der Waals surface area contributed by atoms with E-state index in [9.17, 15) is 14.4 Å². The van der Waals surface area contributed by atoms with Gasteiger partial charge in [-0.15, -0.1) is 11.3 Å². The van der Waals surface area contributed by atoms with Crippen LogP contribution in [-0.2, 0) is 14.3 Å². The van der Waals surface area contributed by atoms with Gasteiger partial charge in [0.1, 0.15) is 6.04 Å². The van der Waals surface area contributed by atoms with E-state index >= 15 is 0 Å². The summed E-state index contributed by atoms with van der Waals surface area (Å²) in [5.74, 6) is -1.53. The molecule has 2 unspecified atom stereocenters. The molecule has 3 rings (SSSR count). The van der Waals surface area contributed by atoms with E-state index in [1.165, 1.54) is 18.3 Å². The van der Waals surface area contributed by atoms with Crippen LogP contribution in [0.2, 0.25) is 0 Å². The maximum Gasteiger partial charge on any atom is 0.329 e. The summed E-state index contributed by atoms with van der Waals surface area (Å²) in [6, 6.07) is 17.0. The number of hydrogen-bond acceptors (Lipinski definition) is 5. The monoisotopic (exact) mass is 436 g/mol. The molecule has 2 atom stereocenters. The Morgan fingerprint density at radius 2 is 1.71 bits per heavy atom. The third-order valence-electron chi connectivity index (χ3n) is 4.67. The number of anilines is 1. The van der Waals surface area contributed by atoms with Crippen LogP contribution in [0.4, 0.5) is 5.69 Å². The highest BCUT2D eigenvalue weighted by Gasteiger charge is 2.28. The molecule has 0 aliphatic heterocycles. The molecule has 0 saturated heterocycles. The normalized spacial score (nSPS) is 12.5. The lowest BCUT2D eigenvalue weighted by Crippen LogP contribution is -2.40. The van der Waals surface area contributed by atoms with Crippen molar-refractivity contribution in [2.24, 2.45) is 0 Å². The lowest BCUT2D eigenvalue weighted by molar-refractivity contribution is -0.156. The van der Waals surface area contributed by atoms with Crippen LogP contribution < -0.4 is 10.6 Å². The van der Waals surface area contributed by atoms with Crippen molar-refractivity contribution >= 4 is 34.8 Å². The first-order chi connectivity index (χ1) is 14.8. The Labute approximate surface area is 185 Å². The van der Waals surface area contributed by atoms with Gasteiger partial charge in [0.15, 0.2) is 0 Å². The van der Waals surface area contributed by atoms with Crippen LogP contribution in [0.1, 0.15) is 39.4 Å². The van der Waals surface area contributed by atoms with Crippen LogP contribution in [0.15, 0.2) is 66.0 Å². The number of carbonyl (C=O) groups is 3. The highest BCUT2D eigenvalue weighted by Crippen LogP contribution is 2.23. The van der Waals surface area contributed by atoms with Crippen molar-refractivity contribution in [2.45, 2.75) is 32.9 Å². The van der Waals surface area contributed by atoms with Crippen LogP contribution in [0.5, 0.6) is 0 Å². The second kappa shape index (κ2) is 10.0. The molecule has 0 saturated carbocycles. The Morgan fingerprint density at radius 1 is 0.968 bits per heavy atom. The summed E-state index contributed by atoms with van der Waals surface area (Å²) >= 11 is 1.28. The van der Waals surface area contributed by atoms with Crippen LogP contribution >= 0.6 is 11.3 Å². The third-order valence-corrected chi connectivity index (χ3v) is 5.54. The molecule has 0 aliphatic carbocycles. The smallest absolute Gasteiger partial charge is 0.329 e. The van der Waals surface area contributed by atoms with Crippen molar-refractivity contribution in [1.82, 2.24) is 5.32 Å². The van der Waals surface area contributed by atoms with Gasteiger partial charge in [-0.05, 0) is 49.4 Å². The van der Waals surface area contributed by atoms with E-state index in [1.807, 2.05) is 38.1 Å². The molecule has 2 aromatic carbocycles. The van der Waals surface area contributed by atoms with Gasteiger partial charge in [0.2, 0.25) is 6.10 Å². The minimum Gasteiger partial charge on any atom is -0.446 e. The average Bonchev–Trinajstić information content (AvgIpc) is 3.30. The van der Waals surface area contributed by atoms with Crippen molar-refractivity contribution in [3.63, 3.8) is 0 Å². The largest absolute Gasteiger partial charge is 0.446 e. The van der Waals surface area contributed by atoms with Crippen LogP contribution in [0.25, 0.3) is 0 Å². The SMILES string of the molecule is Cc1ccc(C)c(NC(=O)C(OC(=O)C(C)NC(=O)c2cccs2)c2ccccc2)c1. The first-order valence-electron chi connectivity index (χ1n) is 9.83. The molecule has 1 heterocycles. The molecule has 2 amide bonds. The molecule has 1 aromatic heterocycles. The van der Waals surface area contributed by atoms with Gasteiger partial charge in [0.25, 0.3) is 11.8 Å². The van der Waals surface area contributed by atoms with Gasteiger partial charge in [-0.25, -0.2) is 4.79 Å². The summed E-state index contributed by atoms with van der Waals surface area (Å²) in [5, 5.41) is 7.24. The van der Waals surface area contributed by atoms with Crippen molar-refractivity contribution < 1.29 is 19.1 Å². The van der Waals surface area contributed by atoms with Crippen LogP contribution in [0.3, 0.4) is 0 Å². The molecule has 31 heavy (non-hydrogen) atoms. The Kier molecular flexibility index (Phi) is 7.20. The van der Waals surface area contributed by atoms with E-state index in [2.05, 4.69) is 10.6 Å². The van der Waals surface area contributed by atoms with Gasteiger partial charge >= 0.3 is 5.97 Å². The Morgan fingerprint density at radius 3 is 2.39 bits per heavy atom. The molecule has 6 nitrogen and oxygen atoms in total. The lowest BCUT2D eigenvalue weighted by Gasteiger charge is -2.21. The fraction of sp³-hybridized carbons (Fsp3) is 0.208. The van der Waals surface area contributed by atoms with E-state index in [0.29, 0.717) is 16.1 Å². The van der Waals surface area contributed by atoms with Gasteiger partial charge in [-0.3, -0.25) is 9.59 Å². The maximum absolute atomic E-state index is 13.1. The highest BCUT2D eigenvalue weighted by molar-refractivity contribution is 7.12. The van der Waals surface area contributed by atoms with Crippen LogP contribution in [0, 0.1) is 13.8 Å². The molecule has 0 spiro atoms. The van der Waals surface area contributed by atoms with Gasteiger partial charge in [-0.1, -0.05) is 48.5 Å². The summed E-state index contributed by atoms with van der Waals surface area (Å²) in [7, 11) is 0. The molecule has 2 N–H and O–H groups in total. The third kappa shape index (κ3) is 5.79. The number of aryl methyl sites for hydroxylation is 2. The summed E-state index contributed by atoms with van der Waals surface area (Å²) in [6.07, 6.45) is -1.16. The quantitative estimate of drug-likeness (QED) is 0.538. The number of rotatable bonds is 7. The molecule has 0 aliphatic rings. The van der Waals surface area contributed by atoms with Crippen molar-refractivity contribution in [1.29, 1.82) is 0 Å². The topological polar surface area (TPSA) is 84.5 Å². The summed E-state index contributed by atoms with van der Waals surface area (Å²) in [4.78, 5) is 38.5. The Bertz CT molecular complexity index is 1060. The second-order valence-electron chi connectivity index (χ2n) is 7.21. The standard InChI is InChI=1S/C24H24N2O4S/c1-15-11-12-16(2)19(14-15)26-23(28)21(18-8-5-4-6-9-18)30-24(29)17(3)25-22(27)20-10-7-13-31-20/h4-14,17,21H,1-3H3,(H,25,27)(H,26,28). The molecule has 7 heteroatoms. The lowest BCUT2D eigenvalue weighted by atomic mass is 10.1. The molecule has 160 valence electrons. The van der Waals surface area contributed by atoms with E-state index in [1.54, 1.807) is 41.8 Å². The van der Waals surface area contributed by atoms with Gasteiger partial charge in [0, 0.05) is 11.3 Å². The summed E-state index contributed by atoms with van der Waals surface area (Å²) < 4.78 is 5.56. The van der Waals surface area contributed by atoms with Crippen molar-refractivity contribution in [3.8, 4) is 0 Å². The maximum atomic E-state index is 13.1. The minimum atomic E-state index is -1.16. The van der Waals surface area contributed by atoms with Crippen molar-refractivity contribution in [3.05, 3.63) is 87.6 Å². The first kappa shape index (κ1) is 22.2. The predicted octanol–water partition coefficient (Wildman–Crippen LogP) is 4.41. The fourth-order valence-electron chi connectivity index (χ4n) is 2.92. The average molecular weight is 437 g/mol. The highest BCUT2D eigenvalue weighted by atomic mass is 32.1. The molecule has 3 aromatic rings. The molecule has 0 fully saturated rings. The number of amides is 2. The molecular weight excluding hydrogens is 412 g/mol. The fourth-order valence-corrected chi connectivity index (χ4v) is 3.55. The van der Waals surface area contributed by atoms with Crippen LogP contribution in [-0.4, -0.2) is 23.8 Å². The first-order valence-corrected chi connectivity index (χ1v) is 10.7. The zero-order chi connectivity index (χ0) is 22.4. The van der Waals surface area contributed by atoms with E-state index in [0.717, 1.165) is 11.1 Å². The Balaban J connectivity index is 1.76. The van der Waals surface area contributed by atoms with Crippen molar-refractivity contribution in [2.75, 3.05) is 5.32 Å². The number of nitrogens with one attached hydrogen (secondary N) is 2. The second-order valence-corrected chi connectivity index (χ2v) is 8.16. The molecule has 0 radical (unpaired) electrons. The van der Waals surface area contributed by atoms with Gasteiger partial charge in [0.05, 0.1) is 4.88 Å². The van der Waals surface area contributed by atoms with Gasteiger partial charge < -0.3 is 15.4 Å². The number of thiophene rings is 1. The summed E-state index contributed by atoms with van der Waals surface area (Å²) in [5.41, 5.74) is 3.09.